The average Bonchev–Trinajstić information content (AvgIpc) is 2.90. The summed E-state index contributed by atoms with van der Waals surface area (Å²) in [5.41, 5.74) is 2.10. The number of hydrogen-bond donors (Lipinski definition) is 0. The minimum atomic E-state index is 0.776. The van der Waals surface area contributed by atoms with Crippen LogP contribution in [0.2, 0.25) is 0 Å². The Morgan fingerprint density at radius 1 is 0.950 bits per heavy atom. The maximum atomic E-state index is 4.55. The van der Waals surface area contributed by atoms with Gasteiger partial charge in [-0.2, -0.15) is 5.10 Å². The second-order valence-electron chi connectivity index (χ2n) is 4.46. The van der Waals surface area contributed by atoms with Crippen LogP contribution in [-0.2, 0) is 0 Å². The molecule has 0 fully saturated rings. The summed E-state index contributed by atoms with van der Waals surface area (Å²) in [5.74, 6) is 1.65. The summed E-state index contributed by atoms with van der Waals surface area (Å²) in [6, 6.07) is 18.5. The largest absolute Gasteiger partial charge is 0.213 e. The van der Waals surface area contributed by atoms with E-state index in [0.717, 1.165) is 22.9 Å². The Balaban J connectivity index is 2.09. The van der Waals surface area contributed by atoms with E-state index >= 15 is 0 Å². The number of thioether (sulfide) groups is 1. The van der Waals surface area contributed by atoms with Crippen LogP contribution in [0, 0.1) is 6.92 Å². The molecule has 100 valence electrons. The zero-order chi connectivity index (χ0) is 13.9. The summed E-state index contributed by atoms with van der Waals surface area (Å²) >= 11 is 1.73. The van der Waals surface area contributed by atoms with Crippen molar-refractivity contribution in [2.24, 2.45) is 0 Å². The standard InChI is InChI=1S/C16H15N3S/c1-12-17-16(13-6-4-3-5-7-13)19(18-12)14-8-10-15(20-2)11-9-14/h3-11H,1-2H3. The third kappa shape index (κ3) is 2.47. The Kier molecular flexibility index (Phi) is 3.56. The van der Waals surface area contributed by atoms with Crippen LogP contribution >= 0.6 is 11.8 Å². The van der Waals surface area contributed by atoms with E-state index in [9.17, 15) is 0 Å². The number of aryl methyl sites for hydroxylation is 1. The molecule has 0 saturated heterocycles. The van der Waals surface area contributed by atoms with Gasteiger partial charge in [-0.3, -0.25) is 0 Å². The van der Waals surface area contributed by atoms with Crippen LogP contribution in [0.15, 0.2) is 59.5 Å². The maximum Gasteiger partial charge on any atom is 0.163 e. The van der Waals surface area contributed by atoms with Crippen LogP contribution in [0.25, 0.3) is 17.1 Å². The molecule has 0 saturated carbocycles. The van der Waals surface area contributed by atoms with Crippen molar-refractivity contribution in [1.29, 1.82) is 0 Å². The monoisotopic (exact) mass is 281 g/mol. The summed E-state index contributed by atoms with van der Waals surface area (Å²) in [7, 11) is 0. The lowest BCUT2D eigenvalue weighted by atomic mass is 10.2. The van der Waals surface area contributed by atoms with E-state index in [2.05, 4.69) is 52.7 Å². The molecule has 4 heteroatoms. The first-order valence-corrected chi connectivity index (χ1v) is 7.64. The summed E-state index contributed by atoms with van der Waals surface area (Å²) in [6.07, 6.45) is 2.07. The van der Waals surface area contributed by atoms with Crippen molar-refractivity contribution in [3.05, 3.63) is 60.4 Å². The topological polar surface area (TPSA) is 30.7 Å². The van der Waals surface area contributed by atoms with Gasteiger partial charge in [0.15, 0.2) is 5.82 Å². The lowest BCUT2D eigenvalue weighted by molar-refractivity contribution is 0.868. The molecule has 20 heavy (non-hydrogen) atoms. The molecule has 0 N–H and O–H groups in total. The van der Waals surface area contributed by atoms with Gasteiger partial charge in [0.05, 0.1) is 5.69 Å². The Hall–Kier alpha value is -2.07. The second kappa shape index (κ2) is 5.51. The molecule has 0 aliphatic heterocycles. The van der Waals surface area contributed by atoms with Crippen molar-refractivity contribution >= 4 is 11.8 Å². The van der Waals surface area contributed by atoms with Gasteiger partial charge in [0, 0.05) is 10.5 Å². The van der Waals surface area contributed by atoms with Crippen LogP contribution < -0.4 is 0 Å². The molecule has 0 unspecified atom stereocenters. The third-order valence-electron chi connectivity index (χ3n) is 3.06. The first-order valence-electron chi connectivity index (χ1n) is 6.41. The molecule has 2 aromatic carbocycles. The van der Waals surface area contributed by atoms with Gasteiger partial charge in [0.25, 0.3) is 0 Å². The smallest absolute Gasteiger partial charge is 0.163 e. The highest BCUT2D eigenvalue weighted by atomic mass is 32.2. The Morgan fingerprint density at radius 3 is 2.30 bits per heavy atom. The van der Waals surface area contributed by atoms with Gasteiger partial charge in [-0.05, 0) is 37.4 Å². The van der Waals surface area contributed by atoms with E-state index in [0.29, 0.717) is 0 Å². The van der Waals surface area contributed by atoms with Crippen LogP contribution in [-0.4, -0.2) is 21.0 Å². The number of benzene rings is 2. The van der Waals surface area contributed by atoms with Crippen molar-refractivity contribution in [2.45, 2.75) is 11.8 Å². The molecular formula is C16H15N3S. The molecule has 1 aromatic heterocycles. The maximum absolute atomic E-state index is 4.55. The molecule has 3 aromatic rings. The SMILES string of the molecule is CSc1ccc(-n2nc(C)nc2-c2ccccc2)cc1. The molecule has 0 amide bonds. The first-order chi connectivity index (χ1) is 9.78. The molecule has 3 nitrogen and oxygen atoms in total. The lowest BCUT2D eigenvalue weighted by Gasteiger charge is -2.06. The number of nitrogens with zero attached hydrogens (tertiary/aromatic N) is 3. The van der Waals surface area contributed by atoms with Gasteiger partial charge in [0.2, 0.25) is 0 Å². The molecule has 0 bridgehead atoms. The fraction of sp³-hybridized carbons (Fsp3) is 0.125. The second-order valence-corrected chi connectivity index (χ2v) is 5.34. The molecule has 0 aliphatic carbocycles. The molecular weight excluding hydrogens is 266 g/mol. The molecule has 0 aliphatic rings. The van der Waals surface area contributed by atoms with Gasteiger partial charge in [-0.25, -0.2) is 9.67 Å². The average molecular weight is 281 g/mol. The Labute approximate surface area is 122 Å². The lowest BCUT2D eigenvalue weighted by Crippen LogP contribution is -1.99. The first kappa shape index (κ1) is 12.9. The summed E-state index contributed by atoms with van der Waals surface area (Å²) in [6.45, 7) is 1.92. The normalized spacial score (nSPS) is 10.7. The van der Waals surface area contributed by atoms with E-state index in [1.54, 1.807) is 11.8 Å². The highest BCUT2D eigenvalue weighted by Gasteiger charge is 2.11. The van der Waals surface area contributed by atoms with Gasteiger partial charge < -0.3 is 0 Å². The number of rotatable bonds is 3. The molecule has 3 rings (SSSR count). The minimum absolute atomic E-state index is 0.776. The highest BCUT2D eigenvalue weighted by Crippen LogP contribution is 2.22. The van der Waals surface area contributed by atoms with Gasteiger partial charge in [0.1, 0.15) is 5.82 Å². The predicted octanol–water partition coefficient (Wildman–Crippen LogP) is 3.96. The Bertz CT molecular complexity index is 702. The predicted molar refractivity (Wildman–Crippen MR) is 83.3 cm³/mol. The van der Waals surface area contributed by atoms with Crippen molar-refractivity contribution in [3.63, 3.8) is 0 Å². The summed E-state index contributed by atoms with van der Waals surface area (Å²) < 4.78 is 1.90. The van der Waals surface area contributed by atoms with Crippen molar-refractivity contribution < 1.29 is 0 Å². The van der Waals surface area contributed by atoms with E-state index in [-0.39, 0.29) is 0 Å². The van der Waals surface area contributed by atoms with Crippen LogP contribution in [0.3, 0.4) is 0 Å². The molecule has 0 spiro atoms. The van der Waals surface area contributed by atoms with Gasteiger partial charge in [-0.15, -0.1) is 11.8 Å². The molecule has 1 heterocycles. The van der Waals surface area contributed by atoms with E-state index in [4.69, 9.17) is 0 Å². The van der Waals surface area contributed by atoms with Crippen LogP contribution in [0.1, 0.15) is 5.82 Å². The number of hydrogen-bond acceptors (Lipinski definition) is 3. The van der Waals surface area contributed by atoms with Crippen molar-refractivity contribution in [1.82, 2.24) is 14.8 Å². The van der Waals surface area contributed by atoms with E-state index in [1.807, 2.05) is 29.8 Å². The third-order valence-corrected chi connectivity index (χ3v) is 3.81. The minimum Gasteiger partial charge on any atom is -0.213 e. The zero-order valence-electron chi connectivity index (χ0n) is 11.4. The van der Waals surface area contributed by atoms with Crippen LogP contribution in [0.5, 0.6) is 0 Å². The fourth-order valence-electron chi connectivity index (χ4n) is 2.09. The number of aromatic nitrogens is 3. The van der Waals surface area contributed by atoms with Gasteiger partial charge >= 0.3 is 0 Å². The van der Waals surface area contributed by atoms with Crippen molar-refractivity contribution in [3.8, 4) is 17.1 Å². The van der Waals surface area contributed by atoms with Crippen molar-refractivity contribution in [2.75, 3.05) is 6.26 Å². The van der Waals surface area contributed by atoms with E-state index in [1.165, 1.54) is 4.90 Å². The summed E-state index contributed by atoms with van der Waals surface area (Å²) in [5, 5.41) is 4.51. The summed E-state index contributed by atoms with van der Waals surface area (Å²) in [4.78, 5) is 5.79. The molecule has 0 atom stereocenters. The molecule has 0 radical (unpaired) electrons. The zero-order valence-corrected chi connectivity index (χ0v) is 12.3. The van der Waals surface area contributed by atoms with Gasteiger partial charge in [-0.1, -0.05) is 30.3 Å². The highest BCUT2D eigenvalue weighted by molar-refractivity contribution is 7.98. The quantitative estimate of drug-likeness (QED) is 0.681. The van der Waals surface area contributed by atoms with Crippen LogP contribution in [0.4, 0.5) is 0 Å². The van der Waals surface area contributed by atoms with E-state index < -0.39 is 0 Å². The Morgan fingerprint density at radius 2 is 1.65 bits per heavy atom. The fourth-order valence-corrected chi connectivity index (χ4v) is 2.50.